The summed E-state index contributed by atoms with van der Waals surface area (Å²) in [5, 5.41) is 9.14. The molecule has 4 aromatic carbocycles. The van der Waals surface area contributed by atoms with E-state index in [0.717, 1.165) is 39.8 Å². The van der Waals surface area contributed by atoms with Gasteiger partial charge in [0.25, 0.3) is 0 Å². The van der Waals surface area contributed by atoms with Crippen molar-refractivity contribution in [2.45, 2.75) is 13.5 Å². The lowest BCUT2D eigenvalue weighted by Gasteiger charge is -2.26. The van der Waals surface area contributed by atoms with Crippen molar-refractivity contribution in [3.63, 3.8) is 0 Å². The van der Waals surface area contributed by atoms with Crippen LogP contribution in [0.5, 0.6) is 11.5 Å². The highest BCUT2D eigenvalue weighted by atomic mass is 32.1. The van der Waals surface area contributed by atoms with E-state index in [2.05, 4.69) is 119 Å². The minimum atomic E-state index is 0.703. The van der Waals surface area contributed by atoms with Crippen LogP contribution in [0.15, 0.2) is 132 Å². The summed E-state index contributed by atoms with van der Waals surface area (Å²) in [4.78, 5) is 6.04. The Kier molecular flexibility index (Phi) is 9.06. The monoisotopic (exact) mass is 615 g/mol. The molecule has 0 saturated heterocycles. The first-order valence-electron chi connectivity index (χ1n) is 14.3. The summed E-state index contributed by atoms with van der Waals surface area (Å²) in [6, 6.07) is 41.8. The number of hydrazone groups is 1. The van der Waals surface area contributed by atoms with Gasteiger partial charge in [0.15, 0.2) is 0 Å². The van der Waals surface area contributed by atoms with E-state index in [4.69, 9.17) is 14.6 Å². The topological polar surface area (TPSA) is 37.3 Å². The number of rotatable bonds is 11. The quantitative estimate of drug-likeness (QED) is 0.107. The third-order valence-electron chi connectivity index (χ3n) is 7.23. The molecular formula is C37H33N3O2S2. The van der Waals surface area contributed by atoms with Crippen molar-refractivity contribution >= 4 is 51.6 Å². The molecule has 0 bridgehead atoms. The molecule has 6 aromatic rings. The summed E-state index contributed by atoms with van der Waals surface area (Å²) in [5.74, 6) is 1.64. The molecule has 2 heterocycles. The molecule has 44 heavy (non-hydrogen) atoms. The maximum atomic E-state index is 5.39. The standard InChI is InChI=1S/C37H33N3O2S2/c1-27-6-23-36(44-27)26-39(30-13-9-29(10-14-30)37-5-4-24-43-37)38-25-28-7-11-31(12-8-28)40(32-15-19-34(41-2)20-16-32)33-17-21-35(42-3)22-18-33/h4-25H,26H2,1-3H3/b38-25-. The van der Waals surface area contributed by atoms with Gasteiger partial charge >= 0.3 is 0 Å². The molecule has 220 valence electrons. The second-order valence-electron chi connectivity index (χ2n) is 10.2. The predicted molar refractivity (Wildman–Crippen MR) is 187 cm³/mol. The number of nitrogens with zero attached hydrogens (tertiary/aromatic N) is 3. The average Bonchev–Trinajstić information content (AvgIpc) is 3.77. The van der Waals surface area contributed by atoms with Crippen molar-refractivity contribution in [1.29, 1.82) is 0 Å². The first-order valence-corrected chi connectivity index (χ1v) is 16.0. The van der Waals surface area contributed by atoms with E-state index in [1.54, 1.807) is 36.9 Å². The van der Waals surface area contributed by atoms with Crippen molar-refractivity contribution in [2.24, 2.45) is 5.10 Å². The highest BCUT2D eigenvalue weighted by Gasteiger charge is 2.14. The molecule has 5 nitrogen and oxygen atoms in total. The third-order valence-corrected chi connectivity index (χ3v) is 9.14. The van der Waals surface area contributed by atoms with Crippen LogP contribution in [0.3, 0.4) is 0 Å². The molecule has 0 aliphatic rings. The molecule has 0 spiro atoms. The minimum absolute atomic E-state index is 0.703. The zero-order valence-corrected chi connectivity index (χ0v) is 26.5. The molecule has 0 radical (unpaired) electrons. The van der Waals surface area contributed by atoms with Gasteiger partial charge in [-0.05, 0) is 114 Å². The average molecular weight is 616 g/mol. The van der Waals surface area contributed by atoms with Crippen LogP contribution in [0.4, 0.5) is 22.7 Å². The fourth-order valence-corrected chi connectivity index (χ4v) is 6.52. The third kappa shape index (κ3) is 6.86. The lowest BCUT2D eigenvalue weighted by molar-refractivity contribution is 0.415. The van der Waals surface area contributed by atoms with Crippen molar-refractivity contribution in [3.05, 3.63) is 142 Å². The van der Waals surface area contributed by atoms with Gasteiger partial charge < -0.3 is 14.4 Å². The minimum Gasteiger partial charge on any atom is -0.497 e. The molecule has 0 amide bonds. The Morgan fingerprint density at radius 2 is 1.23 bits per heavy atom. The van der Waals surface area contributed by atoms with Gasteiger partial charge in [-0.1, -0.05) is 30.3 Å². The second kappa shape index (κ2) is 13.6. The predicted octanol–water partition coefficient (Wildman–Crippen LogP) is 10.3. The van der Waals surface area contributed by atoms with Crippen LogP contribution in [0.2, 0.25) is 0 Å². The number of methoxy groups -OCH3 is 2. The summed E-state index contributed by atoms with van der Waals surface area (Å²) >= 11 is 3.55. The smallest absolute Gasteiger partial charge is 0.119 e. The molecule has 0 saturated carbocycles. The van der Waals surface area contributed by atoms with Crippen LogP contribution in [0, 0.1) is 6.92 Å². The Hall–Kier alpha value is -4.85. The van der Waals surface area contributed by atoms with Crippen LogP contribution in [0.25, 0.3) is 10.4 Å². The molecule has 0 atom stereocenters. The number of aryl methyl sites for hydroxylation is 1. The fraction of sp³-hybridized carbons (Fsp3) is 0.108. The highest BCUT2D eigenvalue weighted by Crippen LogP contribution is 2.36. The molecule has 0 N–H and O–H groups in total. The number of hydrogen-bond acceptors (Lipinski definition) is 7. The Bertz CT molecular complexity index is 1750. The maximum absolute atomic E-state index is 5.39. The summed E-state index contributed by atoms with van der Waals surface area (Å²) < 4.78 is 10.8. The molecule has 0 aliphatic heterocycles. The Labute approximate surface area is 266 Å². The van der Waals surface area contributed by atoms with Gasteiger partial charge in [-0.3, -0.25) is 5.01 Å². The zero-order valence-electron chi connectivity index (χ0n) is 24.9. The van der Waals surface area contributed by atoms with Gasteiger partial charge in [0.05, 0.1) is 32.7 Å². The van der Waals surface area contributed by atoms with Crippen molar-refractivity contribution in [2.75, 3.05) is 24.1 Å². The summed E-state index contributed by atoms with van der Waals surface area (Å²) in [7, 11) is 3.36. The van der Waals surface area contributed by atoms with Crippen LogP contribution in [-0.2, 0) is 6.54 Å². The van der Waals surface area contributed by atoms with Crippen LogP contribution < -0.4 is 19.4 Å². The SMILES string of the molecule is COc1ccc(N(c2ccc(/C=N\N(Cc3ccc(C)s3)c3ccc(-c4cccs4)cc3)cc2)c2ccc(OC)cc2)cc1. The molecule has 0 fully saturated rings. The molecule has 6 rings (SSSR count). The van der Waals surface area contributed by atoms with Gasteiger partial charge in [0.2, 0.25) is 0 Å². The molecule has 7 heteroatoms. The van der Waals surface area contributed by atoms with E-state index < -0.39 is 0 Å². The summed E-state index contributed by atoms with van der Waals surface area (Å²) in [6.45, 7) is 2.84. The van der Waals surface area contributed by atoms with Gasteiger partial charge in [-0.25, -0.2) is 0 Å². The number of anilines is 4. The number of hydrogen-bond donors (Lipinski definition) is 0. The fourth-order valence-electron chi connectivity index (χ4n) is 4.91. The normalized spacial score (nSPS) is 11.1. The van der Waals surface area contributed by atoms with Crippen molar-refractivity contribution in [1.82, 2.24) is 0 Å². The van der Waals surface area contributed by atoms with Crippen LogP contribution in [0.1, 0.15) is 15.3 Å². The van der Waals surface area contributed by atoms with Gasteiger partial charge in [-0.2, -0.15) is 5.10 Å². The molecule has 2 aromatic heterocycles. The van der Waals surface area contributed by atoms with Crippen molar-refractivity contribution in [3.8, 4) is 21.9 Å². The number of thiophene rings is 2. The number of benzene rings is 4. The lowest BCUT2D eigenvalue weighted by atomic mass is 10.1. The second-order valence-corrected chi connectivity index (χ2v) is 12.5. The van der Waals surface area contributed by atoms with E-state index in [1.807, 2.05) is 30.5 Å². The van der Waals surface area contributed by atoms with E-state index in [9.17, 15) is 0 Å². The van der Waals surface area contributed by atoms with Crippen LogP contribution >= 0.6 is 22.7 Å². The maximum Gasteiger partial charge on any atom is 0.119 e. The highest BCUT2D eigenvalue weighted by molar-refractivity contribution is 7.13. The first kappa shape index (κ1) is 29.2. The van der Waals surface area contributed by atoms with E-state index in [0.29, 0.717) is 6.54 Å². The van der Waals surface area contributed by atoms with Gasteiger partial charge in [0, 0.05) is 31.7 Å². The Morgan fingerprint density at radius 1 is 0.659 bits per heavy atom. The Balaban J connectivity index is 1.27. The van der Waals surface area contributed by atoms with Crippen LogP contribution in [-0.4, -0.2) is 20.4 Å². The summed E-state index contributed by atoms with van der Waals surface area (Å²) in [5.41, 5.74) is 6.37. The molecule has 0 unspecified atom stereocenters. The number of ether oxygens (including phenoxy) is 2. The zero-order chi connectivity index (χ0) is 30.3. The van der Waals surface area contributed by atoms with E-state index >= 15 is 0 Å². The molecular weight excluding hydrogens is 583 g/mol. The van der Waals surface area contributed by atoms with Gasteiger partial charge in [-0.15, -0.1) is 22.7 Å². The molecule has 0 aliphatic carbocycles. The Morgan fingerprint density at radius 3 is 1.73 bits per heavy atom. The van der Waals surface area contributed by atoms with Gasteiger partial charge in [0.1, 0.15) is 11.5 Å². The first-order chi connectivity index (χ1) is 21.6. The largest absolute Gasteiger partial charge is 0.497 e. The lowest BCUT2D eigenvalue weighted by Crippen LogP contribution is -2.15. The van der Waals surface area contributed by atoms with E-state index in [1.165, 1.54) is 20.2 Å². The summed E-state index contributed by atoms with van der Waals surface area (Å²) in [6.07, 6.45) is 1.93. The van der Waals surface area contributed by atoms with E-state index in [-0.39, 0.29) is 0 Å². The van der Waals surface area contributed by atoms with Crippen molar-refractivity contribution < 1.29 is 9.47 Å².